The van der Waals surface area contributed by atoms with Crippen molar-refractivity contribution in [3.8, 4) is 0 Å². The molecule has 3 heteroatoms. The SMILES string of the molecule is CC[C@H]1C[C@H](C)C2CC[C@H]([C@H](C)CCC(=O)OC)C2(C)C[C@@H](O)C[C@@H]1C. The molecule has 0 aromatic rings. The van der Waals surface area contributed by atoms with Gasteiger partial charge in [0.05, 0.1) is 13.2 Å². The van der Waals surface area contributed by atoms with Crippen molar-refractivity contribution in [3.63, 3.8) is 0 Å². The monoisotopic (exact) mass is 366 g/mol. The average Bonchev–Trinajstić information content (AvgIpc) is 2.93. The van der Waals surface area contributed by atoms with Crippen LogP contribution >= 0.6 is 0 Å². The van der Waals surface area contributed by atoms with Gasteiger partial charge in [0.2, 0.25) is 0 Å². The van der Waals surface area contributed by atoms with Crippen molar-refractivity contribution >= 4 is 5.97 Å². The molecule has 2 aliphatic carbocycles. The van der Waals surface area contributed by atoms with E-state index in [1.165, 1.54) is 32.8 Å². The second-order valence-corrected chi connectivity index (χ2v) is 9.84. The van der Waals surface area contributed by atoms with E-state index in [0.29, 0.717) is 30.1 Å². The zero-order valence-electron chi connectivity index (χ0n) is 18.0. The Bertz CT molecular complexity index is 462. The largest absolute Gasteiger partial charge is 0.469 e. The second kappa shape index (κ2) is 9.08. The van der Waals surface area contributed by atoms with E-state index in [-0.39, 0.29) is 17.5 Å². The molecular formula is C23H42O3. The average molecular weight is 367 g/mol. The molecule has 2 fully saturated rings. The maximum atomic E-state index is 11.6. The Morgan fingerprint density at radius 2 is 1.92 bits per heavy atom. The first-order chi connectivity index (χ1) is 12.2. The lowest BCUT2D eigenvalue weighted by Gasteiger charge is -2.43. The van der Waals surface area contributed by atoms with Crippen LogP contribution in [0.4, 0.5) is 0 Å². The molecule has 0 radical (unpaired) electrons. The summed E-state index contributed by atoms with van der Waals surface area (Å²) in [5, 5.41) is 10.9. The Balaban J connectivity index is 2.19. The van der Waals surface area contributed by atoms with Crippen LogP contribution in [-0.4, -0.2) is 24.3 Å². The van der Waals surface area contributed by atoms with E-state index in [0.717, 1.165) is 31.1 Å². The smallest absolute Gasteiger partial charge is 0.305 e. The number of aliphatic hydroxyl groups excluding tert-OH is 1. The zero-order chi connectivity index (χ0) is 19.5. The van der Waals surface area contributed by atoms with Crippen molar-refractivity contribution in [1.82, 2.24) is 0 Å². The molecule has 0 amide bonds. The van der Waals surface area contributed by atoms with Gasteiger partial charge in [-0.05, 0) is 79.4 Å². The van der Waals surface area contributed by atoms with Crippen LogP contribution < -0.4 is 0 Å². The van der Waals surface area contributed by atoms with Crippen molar-refractivity contribution in [3.05, 3.63) is 0 Å². The van der Waals surface area contributed by atoms with Crippen molar-refractivity contribution < 1.29 is 14.6 Å². The summed E-state index contributed by atoms with van der Waals surface area (Å²) in [6.07, 6.45) is 8.14. The van der Waals surface area contributed by atoms with Crippen LogP contribution in [-0.2, 0) is 9.53 Å². The molecule has 2 aliphatic rings. The van der Waals surface area contributed by atoms with Gasteiger partial charge in [0, 0.05) is 6.42 Å². The molecule has 2 unspecified atom stereocenters. The summed E-state index contributed by atoms with van der Waals surface area (Å²) < 4.78 is 4.84. The number of carbonyl (C=O) groups excluding carboxylic acids is 1. The number of esters is 1. The molecule has 0 spiro atoms. The highest BCUT2D eigenvalue weighted by Crippen LogP contribution is 2.58. The molecule has 2 saturated carbocycles. The summed E-state index contributed by atoms with van der Waals surface area (Å²) in [6, 6.07) is 0. The van der Waals surface area contributed by atoms with Gasteiger partial charge in [-0.2, -0.15) is 0 Å². The van der Waals surface area contributed by atoms with E-state index in [1.54, 1.807) is 0 Å². The Morgan fingerprint density at radius 1 is 1.23 bits per heavy atom. The summed E-state index contributed by atoms with van der Waals surface area (Å²) in [6.45, 7) is 11.9. The second-order valence-electron chi connectivity index (χ2n) is 9.84. The minimum absolute atomic E-state index is 0.0981. The van der Waals surface area contributed by atoms with Crippen molar-refractivity contribution in [2.75, 3.05) is 7.11 Å². The fourth-order valence-electron chi connectivity index (χ4n) is 6.77. The molecule has 0 bridgehead atoms. The normalized spacial score (nSPS) is 42.3. The molecule has 1 N–H and O–H groups in total. The minimum atomic E-state index is -0.190. The van der Waals surface area contributed by atoms with E-state index in [4.69, 9.17) is 4.74 Å². The fourth-order valence-corrected chi connectivity index (χ4v) is 6.77. The Kier molecular flexibility index (Phi) is 7.59. The topological polar surface area (TPSA) is 46.5 Å². The lowest BCUT2D eigenvalue weighted by atomic mass is 9.62. The van der Waals surface area contributed by atoms with Crippen LogP contribution in [0.1, 0.15) is 86.0 Å². The van der Waals surface area contributed by atoms with Crippen LogP contribution in [0.3, 0.4) is 0 Å². The molecule has 152 valence electrons. The molecular weight excluding hydrogens is 324 g/mol. The molecule has 3 nitrogen and oxygen atoms in total. The van der Waals surface area contributed by atoms with Crippen molar-refractivity contribution in [2.24, 2.45) is 40.9 Å². The summed E-state index contributed by atoms with van der Waals surface area (Å²) in [5.74, 6) is 3.76. The Labute approximate surface area is 161 Å². The highest BCUT2D eigenvalue weighted by Gasteiger charge is 2.51. The summed E-state index contributed by atoms with van der Waals surface area (Å²) in [5.41, 5.74) is 0.191. The molecule has 0 saturated heterocycles. The number of ether oxygens (including phenoxy) is 1. The van der Waals surface area contributed by atoms with Crippen LogP contribution in [0.2, 0.25) is 0 Å². The van der Waals surface area contributed by atoms with E-state index < -0.39 is 0 Å². The van der Waals surface area contributed by atoms with Crippen LogP contribution in [0.25, 0.3) is 0 Å². The Hall–Kier alpha value is -0.570. The number of carbonyl (C=O) groups is 1. The molecule has 0 aromatic heterocycles. The highest BCUT2D eigenvalue weighted by molar-refractivity contribution is 5.69. The van der Waals surface area contributed by atoms with Gasteiger partial charge in [-0.15, -0.1) is 0 Å². The lowest BCUT2D eigenvalue weighted by Crippen LogP contribution is -2.38. The zero-order valence-corrected chi connectivity index (χ0v) is 18.0. The van der Waals surface area contributed by atoms with E-state index in [1.807, 2.05) is 0 Å². The number of hydrogen-bond acceptors (Lipinski definition) is 3. The Morgan fingerprint density at radius 3 is 2.54 bits per heavy atom. The lowest BCUT2D eigenvalue weighted by molar-refractivity contribution is -0.141. The number of methoxy groups -OCH3 is 1. The van der Waals surface area contributed by atoms with Gasteiger partial charge >= 0.3 is 5.97 Å². The maximum absolute atomic E-state index is 11.6. The predicted octanol–water partition coefficient (Wildman–Crippen LogP) is 5.45. The molecule has 0 aliphatic heterocycles. The summed E-state index contributed by atoms with van der Waals surface area (Å²) >= 11 is 0. The maximum Gasteiger partial charge on any atom is 0.305 e. The molecule has 0 aromatic carbocycles. The van der Waals surface area contributed by atoms with Gasteiger partial charge in [-0.1, -0.05) is 41.0 Å². The van der Waals surface area contributed by atoms with E-state index in [2.05, 4.69) is 34.6 Å². The summed E-state index contributed by atoms with van der Waals surface area (Å²) in [7, 11) is 1.47. The van der Waals surface area contributed by atoms with Gasteiger partial charge in [0.1, 0.15) is 0 Å². The third kappa shape index (κ3) is 4.64. The molecule has 2 rings (SSSR count). The van der Waals surface area contributed by atoms with Crippen LogP contribution in [0.5, 0.6) is 0 Å². The van der Waals surface area contributed by atoms with Gasteiger partial charge in [-0.25, -0.2) is 0 Å². The third-order valence-corrected chi connectivity index (χ3v) is 8.21. The first kappa shape index (κ1) is 21.7. The fraction of sp³-hybridized carbons (Fsp3) is 0.957. The minimum Gasteiger partial charge on any atom is -0.469 e. The molecule has 26 heavy (non-hydrogen) atoms. The van der Waals surface area contributed by atoms with Crippen LogP contribution in [0.15, 0.2) is 0 Å². The van der Waals surface area contributed by atoms with E-state index in [9.17, 15) is 9.90 Å². The molecule has 0 heterocycles. The van der Waals surface area contributed by atoms with Gasteiger partial charge in [0.25, 0.3) is 0 Å². The number of hydrogen-bond donors (Lipinski definition) is 1. The van der Waals surface area contributed by atoms with E-state index >= 15 is 0 Å². The van der Waals surface area contributed by atoms with Crippen molar-refractivity contribution in [1.29, 1.82) is 0 Å². The number of fused-ring (bicyclic) bond motifs is 1. The number of aliphatic hydroxyl groups is 1. The van der Waals surface area contributed by atoms with Gasteiger partial charge in [-0.3, -0.25) is 4.79 Å². The standard InChI is InChI=1S/C23H42O3/c1-7-18-12-17(4)21-10-9-20(15(2)8-11-22(25)26-6)23(21,5)14-19(24)13-16(18)3/h15-21,24H,7-14H2,1-6H3/t15-,16+,17+,18+,19+,20-,21?,23?/m1/s1. The van der Waals surface area contributed by atoms with Crippen LogP contribution in [0, 0.1) is 40.9 Å². The quantitative estimate of drug-likeness (QED) is 0.658. The highest BCUT2D eigenvalue weighted by atomic mass is 16.5. The van der Waals surface area contributed by atoms with Gasteiger partial charge in [0.15, 0.2) is 0 Å². The summed E-state index contributed by atoms with van der Waals surface area (Å²) in [4.78, 5) is 11.6. The number of rotatable bonds is 5. The third-order valence-electron chi connectivity index (χ3n) is 8.21. The van der Waals surface area contributed by atoms with Crippen molar-refractivity contribution in [2.45, 2.75) is 92.1 Å². The predicted molar refractivity (Wildman–Crippen MR) is 107 cm³/mol. The first-order valence-electron chi connectivity index (χ1n) is 11.0. The molecule has 8 atom stereocenters. The first-order valence-corrected chi connectivity index (χ1v) is 11.0. The van der Waals surface area contributed by atoms with Gasteiger partial charge < -0.3 is 9.84 Å².